The molecule has 0 radical (unpaired) electrons. The zero-order chi connectivity index (χ0) is 19.1. The second kappa shape index (κ2) is 9.55. The molecule has 2 N–H and O–H groups in total. The molecule has 0 spiro atoms. The SMILES string of the molecule is CN(C)C(=O)CN=C(NCCc1cccs1)NC1CCc2ccccc2C1. The number of aliphatic imine (C=N–C) groups is 1. The van der Waals surface area contributed by atoms with Crippen molar-refractivity contribution in [3.05, 3.63) is 57.8 Å². The molecule has 1 heterocycles. The number of carbonyl (C=O) groups is 1. The topological polar surface area (TPSA) is 56.7 Å². The Balaban J connectivity index is 1.60. The van der Waals surface area contributed by atoms with Gasteiger partial charge in [0, 0.05) is 31.6 Å². The van der Waals surface area contributed by atoms with Gasteiger partial charge in [0.05, 0.1) is 0 Å². The quantitative estimate of drug-likeness (QED) is 0.594. The van der Waals surface area contributed by atoms with Crippen LogP contribution in [0.25, 0.3) is 0 Å². The van der Waals surface area contributed by atoms with Crippen molar-refractivity contribution in [2.75, 3.05) is 27.2 Å². The predicted octanol–water partition coefficient (Wildman–Crippen LogP) is 2.47. The molecule has 144 valence electrons. The van der Waals surface area contributed by atoms with Crippen LogP contribution in [-0.4, -0.2) is 50.0 Å². The van der Waals surface area contributed by atoms with E-state index in [1.165, 1.54) is 16.0 Å². The monoisotopic (exact) mass is 384 g/mol. The average Bonchev–Trinajstić information content (AvgIpc) is 3.19. The molecule has 1 aromatic heterocycles. The van der Waals surface area contributed by atoms with Gasteiger partial charge in [-0.1, -0.05) is 30.3 Å². The number of nitrogens with one attached hydrogen (secondary N) is 2. The molecule has 1 unspecified atom stereocenters. The molecule has 0 saturated carbocycles. The molecule has 1 aliphatic rings. The number of carbonyl (C=O) groups excluding carboxylic acids is 1. The van der Waals surface area contributed by atoms with Crippen molar-refractivity contribution >= 4 is 23.2 Å². The van der Waals surface area contributed by atoms with Gasteiger partial charge in [-0.2, -0.15) is 0 Å². The zero-order valence-corrected chi connectivity index (χ0v) is 16.9. The van der Waals surface area contributed by atoms with Crippen LogP contribution in [0.1, 0.15) is 22.4 Å². The van der Waals surface area contributed by atoms with Gasteiger partial charge in [-0.25, -0.2) is 4.99 Å². The molecule has 1 atom stereocenters. The van der Waals surface area contributed by atoms with Gasteiger partial charge >= 0.3 is 0 Å². The largest absolute Gasteiger partial charge is 0.356 e. The van der Waals surface area contributed by atoms with Gasteiger partial charge in [-0.15, -0.1) is 11.3 Å². The van der Waals surface area contributed by atoms with E-state index in [2.05, 4.69) is 57.4 Å². The van der Waals surface area contributed by atoms with Gasteiger partial charge in [0.1, 0.15) is 6.54 Å². The van der Waals surface area contributed by atoms with Crippen molar-refractivity contribution in [3.63, 3.8) is 0 Å². The molecule has 3 rings (SSSR count). The standard InChI is InChI=1S/C21H28N4OS/c1-25(2)20(26)15-23-21(22-12-11-19-8-5-13-27-19)24-18-10-9-16-6-3-4-7-17(16)14-18/h3-8,13,18H,9-12,14-15H2,1-2H3,(H2,22,23,24). The zero-order valence-electron chi connectivity index (χ0n) is 16.1. The summed E-state index contributed by atoms with van der Waals surface area (Å²) in [5.41, 5.74) is 2.85. The van der Waals surface area contributed by atoms with Crippen LogP contribution in [0.2, 0.25) is 0 Å². The summed E-state index contributed by atoms with van der Waals surface area (Å²) < 4.78 is 0. The van der Waals surface area contributed by atoms with Crippen LogP contribution in [0.4, 0.5) is 0 Å². The summed E-state index contributed by atoms with van der Waals surface area (Å²) in [6.07, 6.45) is 4.09. The Morgan fingerprint density at radius 3 is 2.78 bits per heavy atom. The molecule has 27 heavy (non-hydrogen) atoms. The van der Waals surface area contributed by atoms with Crippen LogP contribution in [-0.2, 0) is 24.1 Å². The van der Waals surface area contributed by atoms with Crippen LogP contribution in [0.15, 0.2) is 46.8 Å². The lowest BCUT2D eigenvalue weighted by Crippen LogP contribution is -2.46. The number of nitrogens with zero attached hydrogens (tertiary/aromatic N) is 2. The summed E-state index contributed by atoms with van der Waals surface area (Å²) in [5.74, 6) is 0.731. The summed E-state index contributed by atoms with van der Waals surface area (Å²) in [6, 6.07) is 13.2. The smallest absolute Gasteiger partial charge is 0.243 e. The molecule has 0 aliphatic heterocycles. The van der Waals surface area contributed by atoms with Gasteiger partial charge in [0.25, 0.3) is 0 Å². The summed E-state index contributed by atoms with van der Waals surface area (Å²) >= 11 is 1.76. The van der Waals surface area contributed by atoms with E-state index in [1.54, 1.807) is 30.3 Å². The molecule has 0 saturated heterocycles. The minimum absolute atomic E-state index is 0.00310. The Labute approximate surface area is 165 Å². The van der Waals surface area contributed by atoms with Crippen molar-refractivity contribution in [3.8, 4) is 0 Å². The van der Waals surface area contributed by atoms with Crippen LogP contribution in [0.5, 0.6) is 0 Å². The highest BCUT2D eigenvalue weighted by molar-refractivity contribution is 7.09. The molecule has 1 amide bonds. The minimum atomic E-state index is 0.00310. The Kier molecular flexibility index (Phi) is 6.87. The van der Waals surface area contributed by atoms with Crippen LogP contribution < -0.4 is 10.6 Å². The highest BCUT2D eigenvalue weighted by atomic mass is 32.1. The van der Waals surface area contributed by atoms with Crippen LogP contribution in [0.3, 0.4) is 0 Å². The fraction of sp³-hybridized carbons (Fsp3) is 0.429. The van der Waals surface area contributed by atoms with E-state index in [4.69, 9.17) is 0 Å². The van der Waals surface area contributed by atoms with Crippen molar-refractivity contribution in [1.29, 1.82) is 0 Å². The van der Waals surface area contributed by atoms with Gasteiger partial charge < -0.3 is 15.5 Å². The number of rotatable bonds is 6. The second-order valence-electron chi connectivity index (χ2n) is 7.06. The molecule has 0 bridgehead atoms. The first-order valence-corrected chi connectivity index (χ1v) is 10.3. The Morgan fingerprint density at radius 1 is 1.22 bits per heavy atom. The third-order valence-corrected chi connectivity index (χ3v) is 5.74. The number of hydrogen-bond acceptors (Lipinski definition) is 3. The fourth-order valence-corrected chi connectivity index (χ4v) is 3.92. The van der Waals surface area contributed by atoms with E-state index in [-0.39, 0.29) is 12.5 Å². The number of benzene rings is 1. The van der Waals surface area contributed by atoms with Gasteiger partial charge in [-0.3, -0.25) is 4.79 Å². The third-order valence-electron chi connectivity index (χ3n) is 4.80. The lowest BCUT2D eigenvalue weighted by atomic mass is 9.88. The van der Waals surface area contributed by atoms with E-state index in [1.807, 2.05) is 0 Å². The highest BCUT2D eigenvalue weighted by Crippen LogP contribution is 2.20. The normalized spacial score (nSPS) is 16.5. The lowest BCUT2D eigenvalue weighted by molar-refractivity contribution is -0.127. The fourth-order valence-electron chi connectivity index (χ4n) is 3.21. The van der Waals surface area contributed by atoms with E-state index < -0.39 is 0 Å². The number of guanidine groups is 1. The number of hydrogen-bond donors (Lipinski definition) is 2. The van der Waals surface area contributed by atoms with Crippen LogP contribution in [0, 0.1) is 0 Å². The molecular weight excluding hydrogens is 356 g/mol. The van der Waals surface area contributed by atoms with Gasteiger partial charge in [0.15, 0.2) is 5.96 Å². The van der Waals surface area contributed by atoms with E-state index in [0.29, 0.717) is 6.04 Å². The summed E-state index contributed by atoms with van der Waals surface area (Å²) in [7, 11) is 3.51. The predicted molar refractivity (Wildman–Crippen MR) is 112 cm³/mol. The molecule has 6 heteroatoms. The molecule has 1 aromatic carbocycles. The van der Waals surface area contributed by atoms with Crippen molar-refractivity contribution in [1.82, 2.24) is 15.5 Å². The minimum Gasteiger partial charge on any atom is -0.356 e. The average molecular weight is 385 g/mol. The molecule has 0 fully saturated rings. The first-order chi connectivity index (χ1) is 13.1. The maximum absolute atomic E-state index is 11.9. The van der Waals surface area contributed by atoms with Crippen LogP contribution >= 0.6 is 11.3 Å². The maximum atomic E-state index is 11.9. The van der Waals surface area contributed by atoms with Crippen molar-refractivity contribution < 1.29 is 4.79 Å². The molecular formula is C21H28N4OS. The number of amides is 1. The third kappa shape index (κ3) is 5.82. The molecule has 5 nitrogen and oxygen atoms in total. The highest BCUT2D eigenvalue weighted by Gasteiger charge is 2.19. The number of likely N-dealkylation sites (N-methyl/N-ethyl adjacent to an activating group) is 1. The van der Waals surface area contributed by atoms with Gasteiger partial charge in [-0.05, 0) is 48.3 Å². The molecule has 1 aliphatic carbocycles. The summed E-state index contributed by atoms with van der Waals surface area (Å²) in [4.78, 5) is 19.4. The second-order valence-corrected chi connectivity index (χ2v) is 8.09. The van der Waals surface area contributed by atoms with Crippen molar-refractivity contribution in [2.24, 2.45) is 4.99 Å². The van der Waals surface area contributed by atoms with Gasteiger partial charge in [0.2, 0.25) is 5.91 Å². The van der Waals surface area contributed by atoms with E-state index in [9.17, 15) is 4.79 Å². The van der Waals surface area contributed by atoms with E-state index in [0.717, 1.165) is 38.2 Å². The number of fused-ring (bicyclic) bond motifs is 1. The first-order valence-electron chi connectivity index (χ1n) is 9.46. The summed E-state index contributed by atoms with van der Waals surface area (Å²) in [5, 5.41) is 9.04. The Morgan fingerprint density at radius 2 is 2.04 bits per heavy atom. The van der Waals surface area contributed by atoms with Crippen molar-refractivity contribution in [2.45, 2.75) is 31.7 Å². The lowest BCUT2D eigenvalue weighted by Gasteiger charge is -2.27. The summed E-state index contributed by atoms with van der Waals surface area (Å²) in [6.45, 7) is 0.955. The number of aryl methyl sites for hydroxylation is 1. The number of thiophene rings is 1. The van der Waals surface area contributed by atoms with E-state index >= 15 is 0 Å². The maximum Gasteiger partial charge on any atom is 0.243 e. The molecule has 2 aromatic rings. The Bertz CT molecular complexity index is 770. The first kappa shape index (κ1) is 19.4. The Hall–Kier alpha value is -2.34.